The van der Waals surface area contributed by atoms with E-state index < -0.39 is 0 Å². The van der Waals surface area contributed by atoms with Crippen molar-refractivity contribution in [1.82, 2.24) is 4.98 Å². The van der Waals surface area contributed by atoms with Crippen LogP contribution in [0.5, 0.6) is 0 Å². The largest absolute Gasteiger partial charge is 0.306 e. The van der Waals surface area contributed by atoms with Crippen molar-refractivity contribution in [1.29, 1.82) is 5.41 Å². The SMILES string of the molecule is CN=Cc1cccnc1C=N. The summed E-state index contributed by atoms with van der Waals surface area (Å²) in [6.45, 7) is 0. The van der Waals surface area contributed by atoms with Gasteiger partial charge in [-0.15, -0.1) is 0 Å². The molecule has 0 saturated carbocycles. The highest BCUT2D eigenvalue weighted by Gasteiger charge is 1.94. The van der Waals surface area contributed by atoms with Gasteiger partial charge in [-0.1, -0.05) is 0 Å². The molecule has 0 atom stereocenters. The summed E-state index contributed by atoms with van der Waals surface area (Å²) in [6.07, 6.45) is 4.57. The molecule has 0 aromatic carbocycles. The maximum absolute atomic E-state index is 7.01. The van der Waals surface area contributed by atoms with Crippen molar-refractivity contribution < 1.29 is 0 Å². The second-order valence-electron chi connectivity index (χ2n) is 2.01. The molecule has 1 N–H and O–H groups in total. The van der Waals surface area contributed by atoms with Crippen LogP contribution < -0.4 is 0 Å². The lowest BCUT2D eigenvalue weighted by molar-refractivity contribution is 1.28. The van der Waals surface area contributed by atoms with Gasteiger partial charge in [0.05, 0.1) is 5.69 Å². The van der Waals surface area contributed by atoms with Crippen molar-refractivity contribution in [3.8, 4) is 0 Å². The van der Waals surface area contributed by atoms with Gasteiger partial charge in [-0.25, -0.2) is 0 Å². The van der Waals surface area contributed by atoms with Gasteiger partial charge in [-0.3, -0.25) is 9.98 Å². The van der Waals surface area contributed by atoms with Crippen LogP contribution in [0.1, 0.15) is 11.3 Å². The second kappa shape index (κ2) is 3.61. The molecular weight excluding hydrogens is 138 g/mol. The van der Waals surface area contributed by atoms with Crippen LogP contribution in [0.4, 0.5) is 0 Å². The van der Waals surface area contributed by atoms with E-state index >= 15 is 0 Å². The van der Waals surface area contributed by atoms with Gasteiger partial charge in [-0.05, 0) is 12.1 Å². The maximum Gasteiger partial charge on any atom is 0.0892 e. The van der Waals surface area contributed by atoms with Crippen molar-refractivity contribution in [3.63, 3.8) is 0 Å². The predicted octanol–water partition coefficient (Wildman–Crippen LogP) is 1.13. The highest BCUT2D eigenvalue weighted by Crippen LogP contribution is 1.98. The zero-order chi connectivity index (χ0) is 8.10. The molecular formula is C8H9N3. The monoisotopic (exact) mass is 147 g/mol. The van der Waals surface area contributed by atoms with Crippen LogP contribution in [-0.4, -0.2) is 24.5 Å². The molecule has 0 fully saturated rings. The topological polar surface area (TPSA) is 49.1 Å². The van der Waals surface area contributed by atoms with Gasteiger partial charge in [0.15, 0.2) is 0 Å². The first kappa shape index (κ1) is 7.60. The zero-order valence-corrected chi connectivity index (χ0v) is 6.28. The quantitative estimate of drug-likeness (QED) is 0.626. The first-order valence-corrected chi connectivity index (χ1v) is 3.26. The molecule has 11 heavy (non-hydrogen) atoms. The predicted molar refractivity (Wildman–Crippen MR) is 45.6 cm³/mol. The first-order chi connectivity index (χ1) is 5.38. The van der Waals surface area contributed by atoms with Crippen LogP contribution in [0, 0.1) is 5.41 Å². The van der Waals surface area contributed by atoms with Crippen molar-refractivity contribution >= 4 is 12.4 Å². The average Bonchev–Trinajstić information content (AvgIpc) is 2.06. The Morgan fingerprint density at radius 2 is 2.45 bits per heavy atom. The number of aromatic nitrogens is 1. The lowest BCUT2D eigenvalue weighted by Gasteiger charge is -1.94. The van der Waals surface area contributed by atoms with Crippen molar-refractivity contribution in [3.05, 3.63) is 29.6 Å². The van der Waals surface area contributed by atoms with Crippen molar-refractivity contribution in [2.24, 2.45) is 4.99 Å². The Morgan fingerprint density at radius 1 is 1.64 bits per heavy atom. The summed E-state index contributed by atoms with van der Waals surface area (Å²) in [5.41, 5.74) is 1.53. The minimum Gasteiger partial charge on any atom is -0.306 e. The minimum atomic E-state index is 0.651. The van der Waals surface area contributed by atoms with Gasteiger partial charge in [0.25, 0.3) is 0 Å². The summed E-state index contributed by atoms with van der Waals surface area (Å²) in [5, 5.41) is 7.01. The molecule has 1 aromatic heterocycles. The van der Waals surface area contributed by atoms with Crippen molar-refractivity contribution in [2.45, 2.75) is 0 Å². The molecule has 3 heteroatoms. The Labute approximate surface area is 65.3 Å². The Hall–Kier alpha value is -1.51. The lowest BCUT2D eigenvalue weighted by atomic mass is 10.2. The van der Waals surface area contributed by atoms with Crippen molar-refractivity contribution in [2.75, 3.05) is 7.05 Å². The molecule has 56 valence electrons. The number of hydrogen-bond donors (Lipinski definition) is 1. The highest BCUT2D eigenvalue weighted by molar-refractivity contribution is 5.91. The van der Waals surface area contributed by atoms with E-state index in [1.165, 1.54) is 6.21 Å². The summed E-state index contributed by atoms with van der Waals surface area (Å²) in [4.78, 5) is 7.83. The van der Waals surface area contributed by atoms with Gasteiger partial charge < -0.3 is 5.41 Å². The van der Waals surface area contributed by atoms with E-state index in [9.17, 15) is 0 Å². The fourth-order valence-corrected chi connectivity index (χ4v) is 0.799. The van der Waals surface area contributed by atoms with E-state index in [4.69, 9.17) is 5.41 Å². The number of aliphatic imine (C=N–C) groups is 1. The third-order valence-corrected chi connectivity index (χ3v) is 1.28. The van der Waals surface area contributed by atoms with Gasteiger partial charge in [-0.2, -0.15) is 0 Å². The van der Waals surface area contributed by atoms with Crippen LogP contribution >= 0.6 is 0 Å². The van der Waals surface area contributed by atoms with Crippen LogP contribution in [-0.2, 0) is 0 Å². The van der Waals surface area contributed by atoms with E-state index in [1.807, 2.05) is 12.1 Å². The van der Waals surface area contributed by atoms with Crippen LogP contribution in [0.2, 0.25) is 0 Å². The number of pyridine rings is 1. The summed E-state index contributed by atoms with van der Waals surface area (Å²) < 4.78 is 0. The number of nitrogens with one attached hydrogen (secondary N) is 1. The minimum absolute atomic E-state index is 0.651. The third kappa shape index (κ3) is 1.70. The molecule has 0 spiro atoms. The zero-order valence-electron chi connectivity index (χ0n) is 6.28. The van der Waals surface area contributed by atoms with Crippen LogP contribution in [0.3, 0.4) is 0 Å². The van der Waals surface area contributed by atoms with Gasteiger partial charge in [0.2, 0.25) is 0 Å². The second-order valence-corrected chi connectivity index (χ2v) is 2.01. The summed E-state index contributed by atoms with van der Waals surface area (Å²) >= 11 is 0. The molecule has 0 aliphatic carbocycles. The molecule has 1 aromatic rings. The van der Waals surface area contributed by atoms with Gasteiger partial charge >= 0.3 is 0 Å². The Morgan fingerprint density at radius 3 is 3.09 bits per heavy atom. The molecule has 0 aliphatic rings. The molecule has 0 aliphatic heterocycles. The normalized spacial score (nSPS) is 10.3. The molecule has 3 nitrogen and oxygen atoms in total. The van der Waals surface area contributed by atoms with E-state index in [0.717, 1.165) is 5.56 Å². The van der Waals surface area contributed by atoms with E-state index in [-0.39, 0.29) is 0 Å². The Balaban J connectivity index is 3.11. The maximum atomic E-state index is 7.01. The molecule has 0 unspecified atom stereocenters. The summed E-state index contributed by atoms with van der Waals surface area (Å²) in [5.74, 6) is 0. The summed E-state index contributed by atoms with van der Waals surface area (Å²) in [6, 6.07) is 3.70. The fourth-order valence-electron chi connectivity index (χ4n) is 0.799. The average molecular weight is 147 g/mol. The van der Waals surface area contributed by atoms with E-state index in [2.05, 4.69) is 9.98 Å². The van der Waals surface area contributed by atoms with Crippen LogP contribution in [0.15, 0.2) is 23.3 Å². The molecule has 0 bridgehead atoms. The standard InChI is InChI=1S/C8H9N3/c1-10-6-7-3-2-4-11-8(7)5-9/h2-6,9H,1H3. The smallest absolute Gasteiger partial charge is 0.0892 e. The Bertz CT molecular complexity index is 278. The van der Waals surface area contributed by atoms with E-state index in [1.54, 1.807) is 19.5 Å². The molecule has 0 saturated heterocycles. The lowest BCUT2D eigenvalue weighted by Crippen LogP contribution is -1.93. The molecule has 1 rings (SSSR count). The van der Waals surface area contributed by atoms with Gasteiger partial charge in [0, 0.05) is 31.2 Å². The first-order valence-electron chi connectivity index (χ1n) is 3.26. The third-order valence-electron chi connectivity index (χ3n) is 1.28. The number of rotatable bonds is 2. The molecule has 1 heterocycles. The number of nitrogens with zero attached hydrogens (tertiary/aromatic N) is 2. The number of hydrogen-bond acceptors (Lipinski definition) is 3. The van der Waals surface area contributed by atoms with E-state index in [0.29, 0.717) is 5.69 Å². The summed E-state index contributed by atoms with van der Waals surface area (Å²) in [7, 11) is 1.70. The van der Waals surface area contributed by atoms with Gasteiger partial charge in [0.1, 0.15) is 0 Å². The fraction of sp³-hybridized carbons (Fsp3) is 0.125. The highest BCUT2D eigenvalue weighted by atomic mass is 14.7. The Kier molecular flexibility index (Phi) is 2.49. The van der Waals surface area contributed by atoms with Crippen LogP contribution in [0.25, 0.3) is 0 Å². The molecule has 0 radical (unpaired) electrons. The molecule has 0 amide bonds.